The number of para-hydroxylation sites is 2. The van der Waals surface area contributed by atoms with E-state index in [9.17, 15) is 0 Å². The van der Waals surface area contributed by atoms with Gasteiger partial charge in [-0.05, 0) is 108 Å². The zero-order valence-electron chi connectivity index (χ0n) is 31.5. The summed E-state index contributed by atoms with van der Waals surface area (Å²) >= 11 is 0. The van der Waals surface area contributed by atoms with E-state index in [1.54, 1.807) is 0 Å². The smallest absolute Gasteiger partial charge is 0.0462 e. The fraction of sp³-hybridized carbons (Fsp3) is 0.333. The van der Waals surface area contributed by atoms with E-state index in [-0.39, 0.29) is 5.41 Å². The number of benzene rings is 5. The van der Waals surface area contributed by atoms with E-state index >= 15 is 0 Å². The third kappa shape index (κ3) is 8.72. The maximum absolute atomic E-state index is 6.01. The van der Waals surface area contributed by atoms with E-state index in [2.05, 4.69) is 158 Å². The number of rotatable bonds is 17. The first-order chi connectivity index (χ1) is 25.7. The van der Waals surface area contributed by atoms with Crippen LogP contribution in [0.1, 0.15) is 132 Å². The predicted octanol–water partition coefficient (Wildman–Crippen LogP) is 14.3. The highest BCUT2D eigenvalue weighted by molar-refractivity contribution is 5.83. The molecule has 0 saturated heterocycles. The molecule has 0 radical (unpaired) electrons. The number of hydrogen-bond donors (Lipinski definition) is 0. The molecule has 0 heterocycles. The molecule has 0 spiro atoms. The standard InChI is InChI=1S/C51H55N/c1-4-7-9-11-13-21-37-51(38-22-14-12-10-8-5-2)49-39-41(6-3)31-35-47(49)48-36-32-43(40-50(48)51)28-27-42-29-33-46(34-30-42)52(44-23-17-15-18-24-44)45-25-19-16-20-26-45/h3,15-20,23-26,29-36,39-40H,4-5,7-14,21-22,37-38H2,1-2H3. The lowest BCUT2D eigenvalue weighted by molar-refractivity contribution is 0.397. The zero-order valence-corrected chi connectivity index (χ0v) is 31.5. The van der Waals surface area contributed by atoms with Crippen LogP contribution in [0.3, 0.4) is 0 Å². The Balaban J connectivity index is 1.30. The van der Waals surface area contributed by atoms with Gasteiger partial charge in [0, 0.05) is 39.2 Å². The Bertz CT molecular complexity index is 1910. The van der Waals surface area contributed by atoms with Crippen molar-refractivity contribution in [2.24, 2.45) is 0 Å². The van der Waals surface area contributed by atoms with Crippen molar-refractivity contribution < 1.29 is 0 Å². The van der Waals surface area contributed by atoms with Crippen LogP contribution >= 0.6 is 0 Å². The monoisotopic (exact) mass is 681 g/mol. The highest BCUT2D eigenvalue weighted by atomic mass is 15.1. The minimum Gasteiger partial charge on any atom is -0.311 e. The quantitative estimate of drug-likeness (QED) is 0.0697. The molecule has 5 aromatic rings. The molecular weight excluding hydrogens is 627 g/mol. The van der Waals surface area contributed by atoms with Crippen molar-refractivity contribution in [3.8, 4) is 35.3 Å². The highest BCUT2D eigenvalue weighted by Gasteiger charge is 2.42. The third-order valence-corrected chi connectivity index (χ3v) is 10.9. The van der Waals surface area contributed by atoms with Crippen molar-refractivity contribution in [3.63, 3.8) is 0 Å². The van der Waals surface area contributed by atoms with Gasteiger partial charge in [-0.2, -0.15) is 0 Å². The molecule has 0 N–H and O–H groups in total. The fourth-order valence-electron chi connectivity index (χ4n) is 8.18. The predicted molar refractivity (Wildman–Crippen MR) is 224 cm³/mol. The minimum atomic E-state index is -0.0231. The van der Waals surface area contributed by atoms with Gasteiger partial charge in [-0.25, -0.2) is 0 Å². The molecule has 0 aromatic heterocycles. The summed E-state index contributed by atoms with van der Waals surface area (Å²) in [6, 6.07) is 43.5. The average Bonchev–Trinajstić information content (AvgIpc) is 3.46. The van der Waals surface area contributed by atoms with Crippen LogP contribution in [0.4, 0.5) is 17.1 Å². The summed E-state index contributed by atoms with van der Waals surface area (Å²) in [5.74, 6) is 10.0. The van der Waals surface area contributed by atoms with Crippen molar-refractivity contribution >= 4 is 17.1 Å². The first kappa shape index (κ1) is 36.8. The summed E-state index contributed by atoms with van der Waals surface area (Å²) in [6.07, 6.45) is 24.0. The third-order valence-electron chi connectivity index (χ3n) is 10.9. The average molecular weight is 682 g/mol. The number of terminal acetylenes is 1. The SMILES string of the molecule is C#Cc1ccc2c(c1)C(CCCCCCCC)(CCCCCCCC)c1cc(C#Cc3ccc(N(c4ccccc4)c4ccccc4)cc3)ccc1-2. The van der Waals surface area contributed by atoms with Crippen LogP contribution in [-0.2, 0) is 5.41 Å². The molecule has 1 aliphatic rings. The van der Waals surface area contributed by atoms with E-state index in [0.29, 0.717) is 0 Å². The summed E-state index contributed by atoms with van der Waals surface area (Å²) < 4.78 is 0. The van der Waals surface area contributed by atoms with Crippen molar-refractivity contribution in [2.45, 2.75) is 109 Å². The molecular formula is C51H55N. The first-order valence-corrected chi connectivity index (χ1v) is 19.9. The molecule has 0 atom stereocenters. The van der Waals surface area contributed by atoms with Gasteiger partial charge >= 0.3 is 0 Å². The molecule has 1 nitrogen and oxygen atoms in total. The van der Waals surface area contributed by atoms with Gasteiger partial charge < -0.3 is 4.90 Å². The molecule has 0 bridgehead atoms. The van der Waals surface area contributed by atoms with E-state index in [1.165, 1.54) is 112 Å². The molecule has 1 aliphatic carbocycles. The molecule has 0 saturated carbocycles. The maximum Gasteiger partial charge on any atom is 0.0462 e. The van der Waals surface area contributed by atoms with Crippen LogP contribution in [0.5, 0.6) is 0 Å². The lowest BCUT2D eigenvalue weighted by Crippen LogP contribution is -2.26. The second-order valence-electron chi connectivity index (χ2n) is 14.6. The van der Waals surface area contributed by atoms with Gasteiger partial charge in [-0.15, -0.1) is 6.42 Å². The topological polar surface area (TPSA) is 3.24 Å². The van der Waals surface area contributed by atoms with Crippen LogP contribution in [0.15, 0.2) is 121 Å². The fourth-order valence-corrected chi connectivity index (χ4v) is 8.18. The number of fused-ring (bicyclic) bond motifs is 3. The number of hydrogen-bond acceptors (Lipinski definition) is 1. The van der Waals surface area contributed by atoms with Gasteiger partial charge in [-0.3, -0.25) is 0 Å². The van der Waals surface area contributed by atoms with Crippen molar-refractivity contribution in [1.82, 2.24) is 0 Å². The van der Waals surface area contributed by atoms with Gasteiger partial charge in [0.15, 0.2) is 0 Å². The van der Waals surface area contributed by atoms with Crippen molar-refractivity contribution in [1.29, 1.82) is 0 Å². The van der Waals surface area contributed by atoms with Gasteiger partial charge in [-0.1, -0.05) is 157 Å². The molecule has 52 heavy (non-hydrogen) atoms. The normalized spacial score (nSPS) is 12.3. The number of nitrogens with zero attached hydrogens (tertiary/aromatic N) is 1. The number of unbranched alkanes of at least 4 members (excludes halogenated alkanes) is 10. The lowest BCUT2D eigenvalue weighted by atomic mass is 9.70. The first-order valence-electron chi connectivity index (χ1n) is 19.9. The summed E-state index contributed by atoms with van der Waals surface area (Å²) in [4.78, 5) is 2.29. The van der Waals surface area contributed by atoms with Crippen LogP contribution in [0, 0.1) is 24.2 Å². The van der Waals surface area contributed by atoms with Gasteiger partial charge in [0.2, 0.25) is 0 Å². The van der Waals surface area contributed by atoms with Crippen LogP contribution in [0.2, 0.25) is 0 Å². The van der Waals surface area contributed by atoms with Gasteiger partial charge in [0.25, 0.3) is 0 Å². The molecule has 0 unspecified atom stereocenters. The molecule has 0 amide bonds. The largest absolute Gasteiger partial charge is 0.311 e. The lowest BCUT2D eigenvalue weighted by Gasteiger charge is -2.33. The maximum atomic E-state index is 6.01. The second kappa shape index (κ2) is 18.5. The molecule has 264 valence electrons. The van der Waals surface area contributed by atoms with Crippen LogP contribution < -0.4 is 4.90 Å². The summed E-state index contributed by atoms with van der Waals surface area (Å²) in [7, 11) is 0. The van der Waals surface area contributed by atoms with E-state index in [4.69, 9.17) is 6.42 Å². The molecule has 5 aromatic carbocycles. The van der Waals surface area contributed by atoms with E-state index < -0.39 is 0 Å². The van der Waals surface area contributed by atoms with E-state index in [0.717, 1.165) is 33.8 Å². The highest BCUT2D eigenvalue weighted by Crippen LogP contribution is 2.54. The zero-order chi connectivity index (χ0) is 36.0. The Morgan fingerprint density at radius 1 is 0.462 bits per heavy atom. The molecule has 0 fully saturated rings. The Morgan fingerprint density at radius 2 is 0.885 bits per heavy atom. The van der Waals surface area contributed by atoms with Crippen molar-refractivity contribution in [3.05, 3.63) is 149 Å². The Labute approximate surface area is 314 Å². The summed E-state index contributed by atoms with van der Waals surface area (Å²) in [5, 5.41) is 0. The summed E-state index contributed by atoms with van der Waals surface area (Å²) in [5.41, 5.74) is 12.1. The Hall–Kier alpha value is -4.98. The van der Waals surface area contributed by atoms with Crippen LogP contribution in [-0.4, -0.2) is 0 Å². The van der Waals surface area contributed by atoms with Gasteiger partial charge in [0.05, 0.1) is 0 Å². The molecule has 6 rings (SSSR count). The van der Waals surface area contributed by atoms with Gasteiger partial charge in [0.1, 0.15) is 0 Å². The summed E-state index contributed by atoms with van der Waals surface area (Å²) in [6.45, 7) is 4.60. The molecule has 0 aliphatic heterocycles. The van der Waals surface area contributed by atoms with Crippen LogP contribution in [0.25, 0.3) is 11.1 Å². The minimum absolute atomic E-state index is 0.0231. The van der Waals surface area contributed by atoms with E-state index in [1.807, 2.05) is 0 Å². The van der Waals surface area contributed by atoms with Crippen molar-refractivity contribution in [2.75, 3.05) is 4.90 Å². The Kier molecular flexibility index (Phi) is 13.1. The second-order valence-corrected chi connectivity index (χ2v) is 14.6. The Morgan fingerprint density at radius 3 is 1.40 bits per heavy atom. The number of anilines is 3. The molecule has 1 heteroatoms.